The Kier molecular flexibility index (Phi) is 5.60. The van der Waals surface area contributed by atoms with Crippen molar-refractivity contribution < 1.29 is 0 Å². The van der Waals surface area contributed by atoms with Crippen molar-refractivity contribution in [2.45, 2.75) is 25.9 Å². The molecule has 0 N–H and O–H groups in total. The summed E-state index contributed by atoms with van der Waals surface area (Å²) in [5, 5.41) is 7.51. The van der Waals surface area contributed by atoms with Crippen molar-refractivity contribution in [1.82, 2.24) is 24.6 Å². The number of nitrogens with zero attached hydrogens (tertiary/aromatic N) is 5. The van der Waals surface area contributed by atoms with Gasteiger partial charge in [-0.2, -0.15) is 5.10 Å². The van der Waals surface area contributed by atoms with Crippen LogP contribution < -0.4 is 0 Å². The third-order valence-electron chi connectivity index (χ3n) is 4.93. The molecule has 2 heterocycles. The minimum Gasteiger partial charge on any atom is -0.294 e. The summed E-state index contributed by atoms with van der Waals surface area (Å²) in [6, 6.07) is 19.3. The molecule has 2 aromatic heterocycles. The zero-order valence-electron chi connectivity index (χ0n) is 16.1. The van der Waals surface area contributed by atoms with Crippen LogP contribution in [0.3, 0.4) is 0 Å². The number of hydrogen-bond acceptors (Lipinski definition) is 5. The van der Waals surface area contributed by atoms with E-state index in [1.54, 1.807) is 28.7 Å². The van der Waals surface area contributed by atoms with Gasteiger partial charge in [0, 0.05) is 24.4 Å². The third-order valence-corrected chi connectivity index (χ3v) is 5.83. The van der Waals surface area contributed by atoms with Crippen LogP contribution in [-0.2, 0) is 13.0 Å². The maximum absolute atomic E-state index is 4.83. The van der Waals surface area contributed by atoms with Crippen molar-refractivity contribution in [2.75, 3.05) is 7.05 Å². The molecule has 0 fully saturated rings. The highest BCUT2D eigenvalue weighted by Crippen LogP contribution is 2.23. The molecule has 0 bridgehead atoms. The Morgan fingerprint density at radius 2 is 1.86 bits per heavy atom. The fourth-order valence-electron chi connectivity index (χ4n) is 3.17. The predicted octanol–water partition coefficient (Wildman–Crippen LogP) is 4.51. The van der Waals surface area contributed by atoms with Crippen molar-refractivity contribution in [3.05, 3.63) is 94.5 Å². The van der Waals surface area contributed by atoms with E-state index in [-0.39, 0.29) is 0 Å². The van der Waals surface area contributed by atoms with Gasteiger partial charge < -0.3 is 0 Å². The van der Waals surface area contributed by atoms with E-state index in [1.807, 2.05) is 6.07 Å². The van der Waals surface area contributed by atoms with Crippen LogP contribution in [0.15, 0.2) is 72.6 Å². The second kappa shape index (κ2) is 8.46. The van der Waals surface area contributed by atoms with Gasteiger partial charge in [-0.05, 0) is 37.2 Å². The van der Waals surface area contributed by atoms with Crippen molar-refractivity contribution >= 4 is 11.3 Å². The number of thiazole rings is 1. The SMILES string of the molecule is CC(c1ccc(-n2cncn2)cc1)N(C)Cc1csc(Cc2ccccc2)n1. The number of rotatable bonds is 7. The monoisotopic (exact) mass is 389 g/mol. The molecular weight excluding hydrogens is 366 g/mol. The number of benzene rings is 2. The van der Waals surface area contributed by atoms with Crippen molar-refractivity contribution in [3.8, 4) is 5.69 Å². The van der Waals surface area contributed by atoms with Crippen molar-refractivity contribution in [3.63, 3.8) is 0 Å². The van der Waals surface area contributed by atoms with Gasteiger partial charge in [0.15, 0.2) is 0 Å². The molecule has 6 heteroatoms. The van der Waals surface area contributed by atoms with Gasteiger partial charge >= 0.3 is 0 Å². The highest BCUT2D eigenvalue weighted by Gasteiger charge is 2.14. The van der Waals surface area contributed by atoms with Gasteiger partial charge in [-0.15, -0.1) is 11.3 Å². The highest BCUT2D eigenvalue weighted by molar-refractivity contribution is 7.09. The molecule has 0 aliphatic heterocycles. The quantitative estimate of drug-likeness (QED) is 0.467. The molecule has 0 radical (unpaired) electrons. The zero-order chi connectivity index (χ0) is 19.3. The van der Waals surface area contributed by atoms with Gasteiger partial charge in [0.2, 0.25) is 0 Å². The summed E-state index contributed by atoms with van der Waals surface area (Å²) >= 11 is 1.74. The first kappa shape index (κ1) is 18.5. The van der Waals surface area contributed by atoms with Crippen LogP contribution in [-0.4, -0.2) is 31.7 Å². The largest absolute Gasteiger partial charge is 0.294 e. The van der Waals surface area contributed by atoms with E-state index in [0.29, 0.717) is 6.04 Å². The molecule has 0 saturated heterocycles. The lowest BCUT2D eigenvalue weighted by Crippen LogP contribution is -2.22. The highest BCUT2D eigenvalue weighted by atomic mass is 32.1. The predicted molar refractivity (Wildman–Crippen MR) is 113 cm³/mol. The van der Waals surface area contributed by atoms with Gasteiger partial charge in [-0.3, -0.25) is 4.90 Å². The Bertz CT molecular complexity index is 993. The molecule has 1 unspecified atom stereocenters. The zero-order valence-corrected chi connectivity index (χ0v) is 16.9. The normalized spacial score (nSPS) is 12.4. The molecule has 4 aromatic rings. The standard InChI is InChI=1S/C22H23N5S/c1-17(19-8-10-21(11-9-19)27-16-23-15-24-27)26(2)13-20-14-28-22(25-20)12-18-6-4-3-5-7-18/h3-11,14-17H,12-13H2,1-2H3. The first-order valence-corrected chi connectivity index (χ1v) is 10.2. The summed E-state index contributed by atoms with van der Waals surface area (Å²) in [7, 11) is 2.15. The van der Waals surface area contributed by atoms with Crippen LogP contribution in [0, 0.1) is 0 Å². The summed E-state index contributed by atoms with van der Waals surface area (Å²) < 4.78 is 1.77. The van der Waals surface area contributed by atoms with Crippen LogP contribution in [0.4, 0.5) is 0 Å². The Morgan fingerprint density at radius 3 is 2.57 bits per heavy atom. The second-order valence-electron chi connectivity index (χ2n) is 6.92. The third kappa shape index (κ3) is 4.35. The van der Waals surface area contributed by atoms with Gasteiger partial charge in [0.25, 0.3) is 0 Å². The van der Waals surface area contributed by atoms with Gasteiger partial charge in [0.05, 0.1) is 16.4 Å². The molecule has 1 atom stereocenters. The van der Waals surface area contributed by atoms with E-state index in [1.165, 1.54) is 16.1 Å². The lowest BCUT2D eigenvalue weighted by Gasteiger charge is -2.24. The van der Waals surface area contributed by atoms with E-state index in [9.17, 15) is 0 Å². The van der Waals surface area contributed by atoms with Crippen LogP contribution >= 0.6 is 11.3 Å². The minimum absolute atomic E-state index is 0.295. The molecule has 142 valence electrons. The Balaban J connectivity index is 1.38. The molecule has 0 aliphatic carbocycles. The number of hydrogen-bond donors (Lipinski definition) is 0. The molecule has 0 saturated carbocycles. The Hall–Kier alpha value is -2.83. The summed E-state index contributed by atoms with van der Waals surface area (Å²) in [6.45, 7) is 3.05. The van der Waals surface area contributed by atoms with E-state index in [2.05, 4.69) is 82.9 Å². The van der Waals surface area contributed by atoms with Gasteiger partial charge in [-0.25, -0.2) is 14.6 Å². The molecule has 28 heavy (non-hydrogen) atoms. The van der Waals surface area contributed by atoms with E-state index in [0.717, 1.165) is 24.3 Å². The molecule has 0 aliphatic rings. The smallest absolute Gasteiger partial charge is 0.138 e. The Morgan fingerprint density at radius 1 is 1.07 bits per heavy atom. The van der Waals surface area contributed by atoms with Gasteiger partial charge in [-0.1, -0.05) is 42.5 Å². The molecule has 0 spiro atoms. The van der Waals surface area contributed by atoms with E-state index < -0.39 is 0 Å². The summed E-state index contributed by atoms with van der Waals surface area (Å²) in [6.07, 6.45) is 4.15. The van der Waals surface area contributed by atoms with Crippen LogP contribution in [0.25, 0.3) is 5.69 Å². The Labute approximate surface area is 169 Å². The maximum Gasteiger partial charge on any atom is 0.138 e. The fraction of sp³-hybridized carbons (Fsp3) is 0.227. The van der Waals surface area contributed by atoms with E-state index in [4.69, 9.17) is 4.98 Å². The van der Waals surface area contributed by atoms with Gasteiger partial charge in [0.1, 0.15) is 12.7 Å². The average molecular weight is 390 g/mol. The maximum atomic E-state index is 4.83. The molecule has 4 rings (SSSR count). The van der Waals surface area contributed by atoms with Crippen LogP contribution in [0.1, 0.15) is 34.8 Å². The van der Waals surface area contributed by atoms with Crippen LogP contribution in [0.5, 0.6) is 0 Å². The second-order valence-corrected chi connectivity index (χ2v) is 7.86. The van der Waals surface area contributed by atoms with Crippen molar-refractivity contribution in [1.29, 1.82) is 0 Å². The number of aromatic nitrogens is 4. The molecule has 2 aromatic carbocycles. The molecule has 0 amide bonds. The van der Waals surface area contributed by atoms with Crippen molar-refractivity contribution in [2.24, 2.45) is 0 Å². The summed E-state index contributed by atoms with van der Waals surface area (Å²) in [4.78, 5) is 11.2. The summed E-state index contributed by atoms with van der Waals surface area (Å²) in [5.74, 6) is 0. The summed E-state index contributed by atoms with van der Waals surface area (Å²) in [5.41, 5.74) is 4.72. The average Bonchev–Trinajstić information content (AvgIpc) is 3.41. The topological polar surface area (TPSA) is 46.8 Å². The molecule has 5 nitrogen and oxygen atoms in total. The lowest BCUT2D eigenvalue weighted by atomic mass is 10.1. The first-order chi connectivity index (χ1) is 13.7. The fourth-order valence-corrected chi connectivity index (χ4v) is 3.99. The lowest BCUT2D eigenvalue weighted by molar-refractivity contribution is 0.250. The van der Waals surface area contributed by atoms with E-state index >= 15 is 0 Å². The first-order valence-electron chi connectivity index (χ1n) is 9.31. The molecular formula is C22H23N5S. The minimum atomic E-state index is 0.295. The van der Waals surface area contributed by atoms with Crippen LogP contribution in [0.2, 0.25) is 0 Å².